The van der Waals surface area contributed by atoms with Crippen molar-refractivity contribution in [1.82, 2.24) is 18.1 Å². The number of hydrogen-bond donors (Lipinski definition) is 2. The van der Waals surface area contributed by atoms with Gasteiger partial charge in [0.25, 0.3) is 20.4 Å². The second kappa shape index (κ2) is 8.90. The van der Waals surface area contributed by atoms with Gasteiger partial charge in [0.15, 0.2) is 0 Å². The average Bonchev–Trinajstić information content (AvgIpc) is 2.13. The molecule has 0 radical (unpaired) electrons. The summed E-state index contributed by atoms with van der Waals surface area (Å²) in [6.07, 6.45) is 0. The molecule has 2 N–H and O–H groups in total. The summed E-state index contributed by atoms with van der Waals surface area (Å²) in [5.41, 5.74) is 0. The number of rotatable bonds is 6. The summed E-state index contributed by atoms with van der Waals surface area (Å²) in [6, 6.07) is -0.0974. The van der Waals surface area contributed by atoms with E-state index < -0.39 is 20.4 Å². The molecule has 0 aromatic carbocycles. The Morgan fingerprint density at radius 1 is 0.650 bits per heavy atom. The van der Waals surface area contributed by atoms with Gasteiger partial charge in [0.1, 0.15) is 0 Å². The first-order chi connectivity index (χ1) is 8.72. The Morgan fingerprint density at radius 2 is 0.850 bits per heavy atom. The lowest BCUT2D eigenvalue weighted by Gasteiger charge is -2.14. The van der Waals surface area contributed by atoms with Crippen molar-refractivity contribution in [1.29, 1.82) is 0 Å². The highest BCUT2D eigenvalue weighted by Gasteiger charge is 2.13. The Labute approximate surface area is 123 Å². The van der Waals surface area contributed by atoms with Crippen molar-refractivity contribution < 1.29 is 16.8 Å². The van der Waals surface area contributed by atoms with Gasteiger partial charge in [-0.05, 0) is 27.7 Å². The zero-order chi connectivity index (χ0) is 16.7. The van der Waals surface area contributed by atoms with E-state index in [2.05, 4.69) is 9.44 Å². The molecule has 0 aliphatic heterocycles. The van der Waals surface area contributed by atoms with Crippen molar-refractivity contribution in [2.75, 3.05) is 28.2 Å². The van der Waals surface area contributed by atoms with Gasteiger partial charge in [0.05, 0.1) is 0 Å². The molecule has 0 aliphatic carbocycles. The van der Waals surface area contributed by atoms with E-state index in [0.717, 1.165) is 8.61 Å². The van der Waals surface area contributed by atoms with Gasteiger partial charge in [0.2, 0.25) is 0 Å². The van der Waals surface area contributed by atoms with E-state index in [4.69, 9.17) is 0 Å². The Morgan fingerprint density at radius 3 is 0.900 bits per heavy atom. The zero-order valence-electron chi connectivity index (χ0n) is 13.5. The van der Waals surface area contributed by atoms with Crippen LogP contribution < -0.4 is 9.44 Å². The van der Waals surface area contributed by atoms with Crippen LogP contribution in [-0.2, 0) is 20.4 Å². The molecular formula is C10H28N4O4S2. The van der Waals surface area contributed by atoms with Gasteiger partial charge in [-0.25, -0.2) is 0 Å². The third kappa shape index (κ3) is 10.5. The third-order valence-corrected chi connectivity index (χ3v) is 5.19. The average molecular weight is 332 g/mol. The molecule has 0 saturated heterocycles. The van der Waals surface area contributed by atoms with Crippen LogP contribution >= 0.6 is 0 Å². The van der Waals surface area contributed by atoms with Crippen molar-refractivity contribution >= 4 is 20.4 Å². The number of hydrogen-bond acceptors (Lipinski definition) is 4. The molecule has 0 amide bonds. The maximum Gasteiger partial charge on any atom is 0.279 e. The first-order valence-corrected chi connectivity index (χ1v) is 9.00. The van der Waals surface area contributed by atoms with E-state index in [1.165, 1.54) is 28.2 Å². The molecule has 0 bridgehead atoms. The van der Waals surface area contributed by atoms with Gasteiger partial charge in [-0.2, -0.15) is 34.9 Å². The van der Waals surface area contributed by atoms with Crippen LogP contribution in [0, 0.1) is 0 Å². The largest absolute Gasteiger partial charge is 0.279 e. The molecule has 124 valence electrons. The van der Waals surface area contributed by atoms with E-state index >= 15 is 0 Å². The van der Waals surface area contributed by atoms with Crippen LogP contribution in [0.3, 0.4) is 0 Å². The van der Waals surface area contributed by atoms with Crippen molar-refractivity contribution in [3.05, 3.63) is 0 Å². The van der Waals surface area contributed by atoms with Crippen LogP contribution in [0.1, 0.15) is 27.7 Å². The Hall–Kier alpha value is -0.260. The van der Waals surface area contributed by atoms with Crippen LogP contribution in [0.5, 0.6) is 0 Å². The maximum absolute atomic E-state index is 11.0. The predicted octanol–water partition coefficient (Wildman–Crippen LogP) is -0.418. The van der Waals surface area contributed by atoms with E-state index in [0.29, 0.717) is 0 Å². The fourth-order valence-electron chi connectivity index (χ4n) is 0.807. The lowest BCUT2D eigenvalue weighted by Crippen LogP contribution is -2.39. The summed E-state index contributed by atoms with van der Waals surface area (Å²) in [6.45, 7) is 7.12. The summed E-state index contributed by atoms with van der Waals surface area (Å²) >= 11 is 0. The SMILES string of the molecule is CC(C)NS(=O)(=O)N(C)C.CC(C)NS(=O)(=O)N(C)C. The molecule has 0 fully saturated rings. The molecule has 20 heavy (non-hydrogen) atoms. The predicted molar refractivity (Wildman–Crippen MR) is 81.8 cm³/mol. The van der Waals surface area contributed by atoms with Crippen molar-refractivity contribution in [2.45, 2.75) is 39.8 Å². The smallest absolute Gasteiger partial charge is 0.200 e. The monoisotopic (exact) mass is 332 g/mol. The van der Waals surface area contributed by atoms with Crippen LogP contribution in [-0.4, -0.2) is 65.7 Å². The minimum Gasteiger partial charge on any atom is -0.200 e. The summed E-state index contributed by atoms with van der Waals surface area (Å²) in [5, 5.41) is 0. The number of nitrogens with one attached hydrogen (secondary N) is 2. The fraction of sp³-hybridized carbons (Fsp3) is 1.00. The Kier molecular flexibility index (Phi) is 9.80. The zero-order valence-corrected chi connectivity index (χ0v) is 15.1. The molecule has 0 aromatic heterocycles. The van der Waals surface area contributed by atoms with Crippen molar-refractivity contribution in [3.63, 3.8) is 0 Å². The molecule has 10 heteroatoms. The third-order valence-electron chi connectivity index (χ3n) is 1.73. The topological polar surface area (TPSA) is 98.8 Å². The van der Waals surface area contributed by atoms with Crippen LogP contribution in [0.2, 0.25) is 0 Å². The molecule has 0 spiro atoms. The second-order valence-electron chi connectivity index (χ2n) is 5.12. The molecule has 0 unspecified atom stereocenters. The van der Waals surface area contributed by atoms with Gasteiger partial charge in [0, 0.05) is 40.3 Å². The molecule has 0 heterocycles. The minimum atomic E-state index is -3.21. The summed E-state index contributed by atoms with van der Waals surface area (Å²) in [4.78, 5) is 0. The maximum atomic E-state index is 11.0. The summed E-state index contributed by atoms with van der Waals surface area (Å²) in [5.74, 6) is 0. The van der Waals surface area contributed by atoms with Gasteiger partial charge < -0.3 is 0 Å². The quantitative estimate of drug-likeness (QED) is 0.690. The summed E-state index contributed by atoms with van der Waals surface area (Å²) in [7, 11) is -0.465. The van der Waals surface area contributed by atoms with E-state index in [1.54, 1.807) is 27.7 Å². The van der Waals surface area contributed by atoms with E-state index in [-0.39, 0.29) is 12.1 Å². The van der Waals surface area contributed by atoms with Gasteiger partial charge >= 0.3 is 0 Å². The van der Waals surface area contributed by atoms with Crippen LogP contribution in [0.4, 0.5) is 0 Å². The molecule has 0 aliphatic rings. The first kappa shape index (κ1) is 22.0. The number of nitrogens with zero attached hydrogens (tertiary/aromatic N) is 2. The van der Waals surface area contributed by atoms with Gasteiger partial charge in [-0.3, -0.25) is 0 Å². The van der Waals surface area contributed by atoms with E-state index in [9.17, 15) is 16.8 Å². The standard InChI is InChI=1S/2C5H14N2O2S/c2*1-5(2)6-10(8,9)7(3)4/h2*5-6H,1-4H3. The van der Waals surface area contributed by atoms with Crippen molar-refractivity contribution in [2.24, 2.45) is 0 Å². The van der Waals surface area contributed by atoms with E-state index in [1.807, 2.05) is 0 Å². The molecule has 0 saturated carbocycles. The minimum absolute atomic E-state index is 0.0487. The van der Waals surface area contributed by atoms with Gasteiger partial charge in [-0.1, -0.05) is 0 Å². The first-order valence-electron chi connectivity index (χ1n) is 6.12. The highest BCUT2D eigenvalue weighted by atomic mass is 32.2. The highest BCUT2D eigenvalue weighted by molar-refractivity contribution is 7.87. The Balaban J connectivity index is 0. The normalized spacial score (nSPS) is 13.0. The van der Waals surface area contributed by atoms with Crippen LogP contribution in [0.15, 0.2) is 0 Å². The summed E-state index contributed by atoms with van der Waals surface area (Å²) < 4.78 is 50.9. The second-order valence-corrected chi connectivity index (χ2v) is 8.95. The molecule has 0 aromatic rings. The lowest BCUT2D eigenvalue weighted by atomic mass is 10.4. The van der Waals surface area contributed by atoms with Gasteiger partial charge in [-0.15, -0.1) is 0 Å². The highest BCUT2D eigenvalue weighted by Crippen LogP contribution is 1.90. The van der Waals surface area contributed by atoms with Crippen LogP contribution in [0.25, 0.3) is 0 Å². The Bertz CT molecular complexity index is 412. The molecule has 8 nitrogen and oxygen atoms in total. The molecule has 0 rings (SSSR count). The lowest BCUT2D eigenvalue weighted by molar-refractivity contribution is 0.495. The molecule has 0 atom stereocenters. The fourth-order valence-corrected chi connectivity index (χ4v) is 2.42. The van der Waals surface area contributed by atoms with Crippen molar-refractivity contribution in [3.8, 4) is 0 Å². The molecular weight excluding hydrogens is 304 g/mol.